The van der Waals surface area contributed by atoms with Gasteiger partial charge in [0.2, 0.25) is 15.9 Å². The summed E-state index contributed by atoms with van der Waals surface area (Å²) in [4.78, 5) is 16.6. The molecule has 1 saturated heterocycles. The zero-order chi connectivity index (χ0) is 24.6. The molecule has 0 aliphatic carbocycles. The van der Waals surface area contributed by atoms with E-state index in [1.807, 2.05) is 19.9 Å². The average molecular weight is 484 g/mol. The van der Waals surface area contributed by atoms with E-state index in [0.29, 0.717) is 24.5 Å². The van der Waals surface area contributed by atoms with Crippen LogP contribution in [0.25, 0.3) is 0 Å². The molecule has 1 heterocycles. The van der Waals surface area contributed by atoms with Crippen LogP contribution in [0.5, 0.6) is 0 Å². The maximum atomic E-state index is 13.2. The molecule has 0 spiro atoms. The first kappa shape index (κ1) is 24.9. The highest BCUT2D eigenvalue weighted by Crippen LogP contribution is 2.32. The Balaban J connectivity index is 1.75. The van der Waals surface area contributed by atoms with E-state index in [0.717, 1.165) is 33.8 Å². The molecule has 3 rings (SSSR count). The monoisotopic (exact) mass is 483 g/mol. The van der Waals surface area contributed by atoms with Crippen molar-refractivity contribution in [3.8, 4) is 0 Å². The molecule has 180 valence electrons. The predicted octanol–water partition coefficient (Wildman–Crippen LogP) is 3.83. The third-order valence-corrected chi connectivity index (χ3v) is 6.90. The number of rotatable bonds is 5. The molecule has 1 fully saturated rings. The molecule has 1 amide bonds. The number of amides is 1. The van der Waals surface area contributed by atoms with E-state index in [4.69, 9.17) is 0 Å². The Hall–Kier alpha value is -2.75. The number of carbonyl (C=O) groups is 1. The van der Waals surface area contributed by atoms with Crippen LogP contribution in [0.3, 0.4) is 0 Å². The van der Waals surface area contributed by atoms with Gasteiger partial charge in [0.1, 0.15) is 6.04 Å². The molecule has 0 radical (unpaired) electrons. The molecule has 2 aromatic rings. The van der Waals surface area contributed by atoms with Crippen molar-refractivity contribution < 1.29 is 26.4 Å². The largest absolute Gasteiger partial charge is 0.416 e. The van der Waals surface area contributed by atoms with Gasteiger partial charge in [-0.2, -0.15) is 13.2 Å². The Morgan fingerprint density at radius 3 is 2.09 bits per heavy atom. The van der Waals surface area contributed by atoms with E-state index in [1.54, 1.807) is 34.9 Å². The maximum absolute atomic E-state index is 13.2. The van der Waals surface area contributed by atoms with Gasteiger partial charge in [-0.3, -0.25) is 9.10 Å². The summed E-state index contributed by atoms with van der Waals surface area (Å²) in [6.45, 7) is 6.53. The highest BCUT2D eigenvalue weighted by atomic mass is 32.2. The van der Waals surface area contributed by atoms with Crippen molar-refractivity contribution in [2.75, 3.05) is 41.6 Å². The number of carbonyl (C=O) groups excluding carboxylic acids is 1. The van der Waals surface area contributed by atoms with Gasteiger partial charge in [-0.1, -0.05) is 12.1 Å². The quantitative estimate of drug-likeness (QED) is 0.649. The second kappa shape index (κ2) is 9.24. The van der Waals surface area contributed by atoms with Crippen molar-refractivity contribution in [2.45, 2.75) is 33.0 Å². The van der Waals surface area contributed by atoms with Crippen LogP contribution in [0.4, 0.5) is 24.5 Å². The minimum Gasteiger partial charge on any atom is -0.368 e. The lowest BCUT2D eigenvalue weighted by molar-refractivity contribution is -0.137. The Bertz CT molecular complexity index is 1110. The Kier molecular flexibility index (Phi) is 6.97. The molecule has 1 aliphatic heterocycles. The van der Waals surface area contributed by atoms with Crippen LogP contribution >= 0.6 is 0 Å². The summed E-state index contributed by atoms with van der Waals surface area (Å²) in [7, 11) is -3.74. The normalized spacial score (nSPS) is 16.0. The summed E-state index contributed by atoms with van der Waals surface area (Å²) in [5.74, 6) is -0.344. The molecule has 1 aliphatic rings. The van der Waals surface area contributed by atoms with Crippen molar-refractivity contribution in [2.24, 2.45) is 0 Å². The number of sulfonamides is 1. The van der Waals surface area contributed by atoms with Crippen molar-refractivity contribution >= 4 is 27.3 Å². The summed E-state index contributed by atoms with van der Waals surface area (Å²) >= 11 is 0. The molecule has 1 atom stereocenters. The van der Waals surface area contributed by atoms with Crippen molar-refractivity contribution in [1.29, 1.82) is 0 Å². The number of aryl methyl sites for hydroxylation is 2. The number of halogens is 3. The molecule has 0 N–H and O–H groups in total. The van der Waals surface area contributed by atoms with Crippen molar-refractivity contribution in [3.05, 3.63) is 59.2 Å². The molecule has 0 saturated carbocycles. The van der Waals surface area contributed by atoms with Gasteiger partial charge in [0.25, 0.3) is 0 Å². The topological polar surface area (TPSA) is 60.9 Å². The van der Waals surface area contributed by atoms with Gasteiger partial charge in [-0.15, -0.1) is 0 Å². The molecule has 2 aromatic carbocycles. The smallest absolute Gasteiger partial charge is 0.368 e. The van der Waals surface area contributed by atoms with Crippen molar-refractivity contribution in [3.63, 3.8) is 0 Å². The maximum Gasteiger partial charge on any atom is 0.416 e. The SMILES string of the molecule is Cc1cc(C)cc(N([C@H](C)C(=O)N2CCN(c3cccc(C(F)(F)F)c3)CC2)S(C)(=O)=O)c1. The molecular formula is C23H28F3N3O3S. The first-order valence-electron chi connectivity index (χ1n) is 10.6. The Morgan fingerprint density at radius 1 is 1.00 bits per heavy atom. The Morgan fingerprint density at radius 2 is 1.58 bits per heavy atom. The fourth-order valence-electron chi connectivity index (χ4n) is 4.21. The van der Waals surface area contributed by atoms with Gasteiger partial charge in [0.05, 0.1) is 17.5 Å². The number of piperazine rings is 1. The molecule has 0 bridgehead atoms. The number of benzene rings is 2. The van der Waals surface area contributed by atoms with Crippen LogP contribution in [0.15, 0.2) is 42.5 Å². The molecule has 10 heteroatoms. The van der Waals surface area contributed by atoms with Crippen LogP contribution in [-0.2, 0) is 21.0 Å². The fourth-order valence-corrected chi connectivity index (χ4v) is 5.36. The van der Waals surface area contributed by atoms with Crippen LogP contribution in [0, 0.1) is 13.8 Å². The first-order chi connectivity index (χ1) is 15.3. The van der Waals surface area contributed by atoms with E-state index in [1.165, 1.54) is 6.07 Å². The highest BCUT2D eigenvalue weighted by Gasteiger charge is 2.34. The molecular weight excluding hydrogens is 455 g/mol. The summed E-state index contributed by atoms with van der Waals surface area (Å²) in [6, 6.07) is 9.52. The molecule has 0 unspecified atom stereocenters. The zero-order valence-corrected chi connectivity index (χ0v) is 19.9. The third-order valence-electron chi connectivity index (χ3n) is 5.66. The van der Waals surface area contributed by atoms with Gasteiger partial charge in [0.15, 0.2) is 0 Å². The average Bonchev–Trinajstić information content (AvgIpc) is 2.71. The van der Waals surface area contributed by atoms with Crippen LogP contribution < -0.4 is 9.21 Å². The second-order valence-corrected chi connectivity index (χ2v) is 10.3. The van der Waals surface area contributed by atoms with Crippen LogP contribution in [0.1, 0.15) is 23.6 Å². The van der Waals surface area contributed by atoms with E-state index in [9.17, 15) is 26.4 Å². The summed E-state index contributed by atoms with van der Waals surface area (Å²) < 4.78 is 65.4. The van der Waals surface area contributed by atoms with E-state index < -0.39 is 27.8 Å². The highest BCUT2D eigenvalue weighted by molar-refractivity contribution is 7.92. The lowest BCUT2D eigenvalue weighted by Gasteiger charge is -2.39. The Labute approximate surface area is 192 Å². The number of hydrogen-bond donors (Lipinski definition) is 0. The van der Waals surface area contributed by atoms with Gasteiger partial charge in [-0.05, 0) is 62.2 Å². The first-order valence-corrected chi connectivity index (χ1v) is 12.4. The summed E-state index contributed by atoms with van der Waals surface area (Å²) in [6.07, 6.45) is -3.35. The minimum atomic E-state index is -4.42. The van der Waals surface area contributed by atoms with Gasteiger partial charge in [0, 0.05) is 31.9 Å². The molecule has 33 heavy (non-hydrogen) atoms. The third kappa shape index (κ3) is 5.79. The van der Waals surface area contributed by atoms with Crippen LogP contribution in [-0.4, -0.2) is 57.7 Å². The fraction of sp³-hybridized carbons (Fsp3) is 0.435. The number of hydrogen-bond acceptors (Lipinski definition) is 4. The number of nitrogens with zero attached hydrogens (tertiary/aromatic N) is 3. The standard InChI is InChI=1S/C23H28F3N3O3S/c1-16-12-17(2)14-21(13-16)29(33(4,31)32)18(3)22(30)28-10-8-27(9-11-28)20-7-5-6-19(15-20)23(24,25)26/h5-7,12-15,18H,8-11H2,1-4H3/t18-/m1/s1. The van der Waals surface area contributed by atoms with E-state index >= 15 is 0 Å². The molecule has 0 aromatic heterocycles. The zero-order valence-electron chi connectivity index (χ0n) is 19.1. The lowest BCUT2D eigenvalue weighted by atomic mass is 10.1. The number of anilines is 2. The predicted molar refractivity (Wildman–Crippen MR) is 123 cm³/mol. The van der Waals surface area contributed by atoms with Gasteiger partial charge >= 0.3 is 6.18 Å². The number of alkyl halides is 3. The summed E-state index contributed by atoms with van der Waals surface area (Å²) in [5.41, 5.74) is 1.92. The van der Waals surface area contributed by atoms with Crippen LogP contribution in [0.2, 0.25) is 0 Å². The molecule has 6 nitrogen and oxygen atoms in total. The van der Waals surface area contributed by atoms with E-state index in [2.05, 4.69) is 0 Å². The minimum absolute atomic E-state index is 0.282. The van der Waals surface area contributed by atoms with Crippen molar-refractivity contribution in [1.82, 2.24) is 4.90 Å². The summed E-state index contributed by atoms with van der Waals surface area (Å²) in [5, 5.41) is 0. The van der Waals surface area contributed by atoms with Gasteiger partial charge < -0.3 is 9.80 Å². The van der Waals surface area contributed by atoms with Gasteiger partial charge in [-0.25, -0.2) is 8.42 Å². The second-order valence-electron chi connectivity index (χ2n) is 8.44. The lowest BCUT2D eigenvalue weighted by Crippen LogP contribution is -2.55. The van der Waals surface area contributed by atoms with E-state index in [-0.39, 0.29) is 19.0 Å².